The molecule has 2 atom stereocenters. The maximum absolute atomic E-state index is 12.8. The first kappa shape index (κ1) is 23.4. The van der Waals surface area contributed by atoms with E-state index in [-0.39, 0.29) is 12.0 Å². The second-order valence-corrected chi connectivity index (χ2v) is 8.39. The van der Waals surface area contributed by atoms with E-state index in [0.717, 1.165) is 23.1 Å². The average molecular weight is 455 g/mol. The van der Waals surface area contributed by atoms with Crippen molar-refractivity contribution in [2.45, 2.75) is 38.6 Å². The number of carbonyl (C=O) groups excluding carboxylic acids is 1. The van der Waals surface area contributed by atoms with Gasteiger partial charge >= 0.3 is 12.1 Å². The number of ether oxygens (including phenoxy) is 2. The van der Waals surface area contributed by atoms with Crippen LogP contribution < -0.4 is 0 Å². The highest BCUT2D eigenvalue weighted by Gasteiger charge is 2.36. The summed E-state index contributed by atoms with van der Waals surface area (Å²) >= 11 is 0.603. The number of morpholine rings is 1. The molecule has 0 bridgehead atoms. The molecule has 3 rings (SSSR count). The van der Waals surface area contributed by atoms with Crippen LogP contribution in [-0.2, 0) is 26.9 Å². The lowest BCUT2D eigenvalue weighted by molar-refractivity contribution is -0.138. The third kappa shape index (κ3) is 6.15. The standard InChI is InChI=1S/C22H25F3N2O3S/c1-14(10-20(28)29-3)17-6-4-16(5-7-17)11-15(2)27-8-9-30-19(12-27)18-13-31-21(26-18)22(23,24)25/h4-7,10,13,15,19H,8-9,11-12H2,1-3H3/b14-10+. The van der Waals surface area contributed by atoms with Gasteiger partial charge in [-0.2, -0.15) is 13.2 Å². The Morgan fingerprint density at radius 1 is 1.39 bits per heavy atom. The molecule has 31 heavy (non-hydrogen) atoms. The van der Waals surface area contributed by atoms with Crippen LogP contribution in [0.1, 0.15) is 41.8 Å². The lowest BCUT2D eigenvalue weighted by atomic mass is 10.0. The zero-order valence-corrected chi connectivity index (χ0v) is 18.4. The summed E-state index contributed by atoms with van der Waals surface area (Å²) in [5.74, 6) is -0.389. The van der Waals surface area contributed by atoms with E-state index in [9.17, 15) is 18.0 Å². The quantitative estimate of drug-likeness (QED) is 0.466. The highest BCUT2D eigenvalue weighted by Crippen LogP contribution is 2.34. The van der Waals surface area contributed by atoms with Crippen molar-refractivity contribution in [3.63, 3.8) is 0 Å². The monoisotopic (exact) mass is 454 g/mol. The molecule has 2 heterocycles. The molecule has 1 saturated heterocycles. The van der Waals surface area contributed by atoms with E-state index in [4.69, 9.17) is 4.74 Å². The molecule has 5 nitrogen and oxygen atoms in total. The first-order valence-corrected chi connectivity index (χ1v) is 10.8. The number of aromatic nitrogens is 1. The number of benzene rings is 1. The van der Waals surface area contributed by atoms with E-state index in [1.54, 1.807) is 0 Å². The number of allylic oxidation sites excluding steroid dienone is 1. The fraction of sp³-hybridized carbons (Fsp3) is 0.455. The number of halogens is 3. The molecule has 0 N–H and O–H groups in total. The van der Waals surface area contributed by atoms with Crippen molar-refractivity contribution < 1.29 is 27.4 Å². The fourth-order valence-electron chi connectivity index (χ4n) is 3.51. The molecule has 9 heteroatoms. The van der Waals surface area contributed by atoms with E-state index in [1.165, 1.54) is 18.6 Å². The van der Waals surface area contributed by atoms with E-state index < -0.39 is 17.3 Å². The summed E-state index contributed by atoms with van der Waals surface area (Å²) in [7, 11) is 1.34. The van der Waals surface area contributed by atoms with Gasteiger partial charge in [0.15, 0.2) is 5.01 Å². The van der Waals surface area contributed by atoms with Crippen LogP contribution in [0, 0.1) is 0 Å². The molecule has 0 aliphatic carbocycles. The van der Waals surface area contributed by atoms with Gasteiger partial charge in [-0.25, -0.2) is 9.78 Å². The van der Waals surface area contributed by atoms with Crippen LogP contribution in [0.4, 0.5) is 13.2 Å². The number of hydrogen-bond acceptors (Lipinski definition) is 6. The van der Waals surface area contributed by atoms with Gasteiger partial charge in [0.05, 0.1) is 19.4 Å². The molecule has 0 amide bonds. The topological polar surface area (TPSA) is 51.7 Å². The first-order valence-electron chi connectivity index (χ1n) is 9.91. The van der Waals surface area contributed by atoms with Gasteiger partial charge in [0.25, 0.3) is 0 Å². The van der Waals surface area contributed by atoms with Crippen molar-refractivity contribution in [2.75, 3.05) is 26.8 Å². The van der Waals surface area contributed by atoms with Crippen molar-refractivity contribution in [1.29, 1.82) is 0 Å². The number of carbonyl (C=O) groups is 1. The Kier molecular flexibility index (Phi) is 7.51. The largest absolute Gasteiger partial charge is 0.466 e. The van der Waals surface area contributed by atoms with Crippen LogP contribution in [-0.4, -0.2) is 48.7 Å². The SMILES string of the molecule is COC(=O)/C=C(\C)c1ccc(CC(C)N2CCOC(c3csc(C(F)(F)F)n3)C2)cc1. The molecule has 1 aliphatic rings. The minimum Gasteiger partial charge on any atom is -0.466 e. The van der Waals surface area contributed by atoms with E-state index in [2.05, 4.69) is 21.5 Å². The Morgan fingerprint density at radius 3 is 2.71 bits per heavy atom. The number of esters is 1. The van der Waals surface area contributed by atoms with E-state index in [0.29, 0.717) is 36.7 Å². The molecule has 1 fully saturated rings. The summed E-state index contributed by atoms with van der Waals surface area (Å²) in [6, 6.07) is 8.16. The summed E-state index contributed by atoms with van der Waals surface area (Å²) in [6.45, 7) is 5.62. The Labute approximate surface area is 183 Å². The zero-order chi connectivity index (χ0) is 22.6. The van der Waals surface area contributed by atoms with E-state index >= 15 is 0 Å². The molecular weight excluding hydrogens is 429 g/mol. The lowest BCUT2D eigenvalue weighted by Gasteiger charge is -2.36. The number of rotatable bonds is 6. The highest BCUT2D eigenvalue weighted by atomic mass is 32.1. The Balaban J connectivity index is 1.61. The Morgan fingerprint density at radius 2 is 2.10 bits per heavy atom. The smallest absolute Gasteiger partial charge is 0.443 e. The number of methoxy groups -OCH3 is 1. The van der Waals surface area contributed by atoms with Gasteiger partial charge in [-0.3, -0.25) is 4.90 Å². The highest BCUT2D eigenvalue weighted by molar-refractivity contribution is 7.09. The molecule has 1 aliphatic heterocycles. The molecule has 0 spiro atoms. The summed E-state index contributed by atoms with van der Waals surface area (Å²) in [5, 5.41) is 0.595. The number of nitrogens with zero attached hydrogens (tertiary/aromatic N) is 2. The van der Waals surface area contributed by atoms with Gasteiger partial charge in [0.1, 0.15) is 6.10 Å². The first-order chi connectivity index (χ1) is 14.7. The third-order valence-corrected chi connectivity index (χ3v) is 6.20. The Bertz CT molecular complexity index is 925. The number of hydrogen-bond donors (Lipinski definition) is 0. The predicted molar refractivity (Wildman–Crippen MR) is 113 cm³/mol. The molecular formula is C22H25F3N2O3S. The third-order valence-electron chi connectivity index (χ3n) is 5.29. The Hall–Kier alpha value is -2.23. The van der Waals surface area contributed by atoms with Gasteiger partial charge in [-0.15, -0.1) is 11.3 Å². The minimum atomic E-state index is -4.43. The molecule has 168 valence electrons. The van der Waals surface area contributed by atoms with Crippen LogP contribution >= 0.6 is 11.3 Å². The van der Waals surface area contributed by atoms with Gasteiger partial charge in [0, 0.05) is 30.6 Å². The molecule has 2 unspecified atom stereocenters. The summed E-state index contributed by atoms with van der Waals surface area (Å²) in [4.78, 5) is 17.3. The number of alkyl halides is 3. The maximum Gasteiger partial charge on any atom is 0.443 e. The van der Waals surface area contributed by atoms with Gasteiger partial charge in [-0.05, 0) is 37.0 Å². The molecule has 1 aromatic heterocycles. The van der Waals surface area contributed by atoms with Crippen LogP contribution in [0.25, 0.3) is 5.57 Å². The van der Waals surface area contributed by atoms with Gasteiger partial charge < -0.3 is 9.47 Å². The average Bonchev–Trinajstić information content (AvgIpc) is 3.25. The van der Waals surface area contributed by atoms with Crippen molar-refractivity contribution in [3.05, 3.63) is 57.6 Å². The van der Waals surface area contributed by atoms with Crippen LogP contribution in [0.2, 0.25) is 0 Å². The number of thiazole rings is 1. The van der Waals surface area contributed by atoms with Crippen molar-refractivity contribution >= 4 is 22.9 Å². The summed E-state index contributed by atoms with van der Waals surface area (Å²) < 4.78 is 48.9. The molecule has 1 aromatic carbocycles. The predicted octanol–water partition coefficient (Wildman–Crippen LogP) is 4.74. The van der Waals surface area contributed by atoms with Crippen molar-refractivity contribution in [2.24, 2.45) is 0 Å². The normalized spacial score (nSPS) is 19.3. The van der Waals surface area contributed by atoms with Crippen LogP contribution in [0.5, 0.6) is 0 Å². The lowest BCUT2D eigenvalue weighted by Crippen LogP contribution is -2.44. The zero-order valence-electron chi connectivity index (χ0n) is 17.6. The van der Waals surface area contributed by atoms with Crippen molar-refractivity contribution in [3.8, 4) is 0 Å². The second kappa shape index (κ2) is 9.93. The minimum absolute atomic E-state index is 0.185. The van der Waals surface area contributed by atoms with Crippen LogP contribution in [0.3, 0.4) is 0 Å². The van der Waals surface area contributed by atoms with Gasteiger partial charge in [-0.1, -0.05) is 24.3 Å². The summed E-state index contributed by atoms with van der Waals surface area (Å²) in [6.07, 6.45) is -2.65. The molecule has 0 radical (unpaired) electrons. The molecule has 0 saturated carbocycles. The van der Waals surface area contributed by atoms with Crippen molar-refractivity contribution in [1.82, 2.24) is 9.88 Å². The summed E-state index contributed by atoms with van der Waals surface area (Å²) in [5.41, 5.74) is 3.24. The molecule has 2 aromatic rings. The second-order valence-electron chi connectivity index (χ2n) is 7.53. The van der Waals surface area contributed by atoms with Crippen LogP contribution in [0.15, 0.2) is 35.7 Å². The van der Waals surface area contributed by atoms with E-state index in [1.807, 2.05) is 31.2 Å². The van der Waals surface area contributed by atoms with Gasteiger partial charge in [0.2, 0.25) is 0 Å². The fourth-order valence-corrected chi connectivity index (χ4v) is 4.23. The maximum atomic E-state index is 12.8.